The Morgan fingerprint density at radius 3 is 2.24 bits per heavy atom. The summed E-state index contributed by atoms with van der Waals surface area (Å²) in [7, 11) is 0. The minimum absolute atomic E-state index is 0.208. The third kappa shape index (κ3) is 3.04. The van der Waals surface area contributed by atoms with Crippen LogP contribution in [0.4, 0.5) is 4.79 Å². The van der Waals surface area contributed by atoms with Gasteiger partial charge >= 0.3 is 6.03 Å². The van der Waals surface area contributed by atoms with E-state index in [-0.39, 0.29) is 24.4 Å². The first-order chi connectivity index (χ1) is 13.8. The summed E-state index contributed by atoms with van der Waals surface area (Å²) < 4.78 is 0. The molecule has 1 unspecified atom stereocenters. The van der Waals surface area contributed by atoms with Crippen LogP contribution in [-0.4, -0.2) is 35.3 Å². The highest BCUT2D eigenvalue weighted by Crippen LogP contribution is 2.53. The maximum absolute atomic E-state index is 13.1. The molecule has 4 aliphatic carbocycles. The number of nitrogens with zero attached hydrogens (tertiary/aromatic N) is 1. The number of benzene rings is 1. The highest BCUT2D eigenvalue weighted by atomic mass is 16.2. The van der Waals surface area contributed by atoms with E-state index >= 15 is 0 Å². The fourth-order valence-electron chi connectivity index (χ4n) is 6.46. The van der Waals surface area contributed by atoms with Crippen molar-refractivity contribution >= 4 is 17.8 Å². The number of hydrogen-bond donors (Lipinski definition) is 2. The van der Waals surface area contributed by atoms with Crippen molar-refractivity contribution < 1.29 is 14.4 Å². The number of amides is 4. The van der Waals surface area contributed by atoms with Crippen LogP contribution in [0.3, 0.4) is 0 Å². The van der Waals surface area contributed by atoms with E-state index in [2.05, 4.69) is 10.6 Å². The topological polar surface area (TPSA) is 78.5 Å². The predicted octanol–water partition coefficient (Wildman–Crippen LogP) is 2.70. The Hall–Kier alpha value is -2.37. The molecule has 29 heavy (non-hydrogen) atoms. The van der Waals surface area contributed by atoms with Crippen LogP contribution in [0.15, 0.2) is 24.3 Å². The van der Waals surface area contributed by atoms with E-state index in [0.717, 1.165) is 27.9 Å². The molecule has 4 bridgehead atoms. The zero-order chi connectivity index (χ0) is 20.3. The summed E-state index contributed by atoms with van der Waals surface area (Å²) in [5, 5.41) is 5.98. The van der Waals surface area contributed by atoms with Gasteiger partial charge in [-0.15, -0.1) is 0 Å². The summed E-state index contributed by atoms with van der Waals surface area (Å²) in [4.78, 5) is 39.4. The SMILES string of the molecule is Cc1ccc(C2(C)NC(=O)N(CC(=O)NC3C4CC5CC(C4)CC3C5)C2=O)cc1. The number of urea groups is 1. The number of rotatable bonds is 4. The van der Waals surface area contributed by atoms with Crippen molar-refractivity contribution in [3.63, 3.8) is 0 Å². The van der Waals surface area contributed by atoms with Gasteiger partial charge < -0.3 is 10.6 Å². The van der Waals surface area contributed by atoms with Crippen LogP contribution < -0.4 is 10.6 Å². The Morgan fingerprint density at radius 1 is 1.07 bits per heavy atom. The van der Waals surface area contributed by atoms with E-state index in [0.29, 0.717) is 11.8 Å². The number of carbonyl (C=O) groups excluding carboxylic acids is 3. The van der Waals surface area contributed by atoms with Gasteiger partial charge in [0.05, 0.1) is 0 Å². The monoisotopic (exact) mass is 395 g/mol. The lowest BCUT2D eigenvalue weighted by Crippen LogP contribution is -2.57. The standard InChI is InChI=1S/C23H29N3O3/c1-13-3-5-18(6-4-13)23(2)21(28)26(22(29)25-23)12-19(27)24-20-16-8-14-7-15(10-16)11-17(20)9-14/h3-6,14-17,20H,7-12H2,1-2H3,(H,24,27)(H,25,29). The highest BCUT2D eigenvalue weighted by molar-refractivity contribution is 6.09. The Morgan fingerprint density at radius 2 is 1.66 bits per heavy atom. The molecule has 4 saturated carbocycles. The molecule has 154 valence electrons. The van der Waals surface area contributed by atoms with Crippen molar-refractivity contribution in [2.45, 2.75) is 57.5 Å². The third-order valence-corrected chi connectivity index (χ3v) is 7.76. The third-order valence-electron chi connectivity index (χ3n) is 7.76. The van der Waals surface area contributed by atoms with Gasteiger partial charge in [-0.3, -0.25) is 14.5 Å². The lowest BCUT2D eigenvalue weighted by Gasteiger charge is -2.54. The smallest absolute Gasteiger partial charge is 0.325 e. The van der Waals surface area contributed by atoms with Gasteiger partial charge in [-0.1, -0.05) is 29.8 Å². The summed E-state index contributed by atoms with van der Waals surface area (Å²) in [6.07, 6.45) is 6.23. The molecule has 0 spiro atoms. The quantitative estimate of drug-likeness (QED) is 0.770. The number of imide groups is 1. The molecule has 0 radical (unpaired) electrons. The summed E-state index contributed by atoms with van der Waals surface area (Å²) in [5.74, 6) is 2.22. The van der Waals surface area contributed by atoms with Crippen LogP contribution in [0.2, 0.25) is 0 Å². The van der Waals surface area contributed by atoms with Gasteiger partial charge in [0, 0.05) is 6.04 Å². The molecule has 4 amide bonds. The minimum atomic E-state index is -1.13. The van der Waals surface area contributed by atoms with Crippen LogP contribution in [0.5, 0.6) is 0 Å². The largest absolute Gasteiger partial charge is 0.351 e. The van der Waals surface area contributed by atoms with E-state index in [1.54, 1.807) is 6.92 Å². The summed E-state index contributed by atoms with van der Waals surface area (Å²) in [6.45, 7) is 3.46. The van der Waals surface area contributed by atoms with Crippen molar-refractivity contribution in [1.29, 1.82) is 0 Å². The molecule has 0 aromatic heterocycles. The molecular weight excluding hydrogens is 366 g/mol. The first-order valence-corrected chi connectivity index (χ1v) is 10.8. The number of aryl methyl sites for hydroxylation is 1. The Bertz CT molecular complexity index is 837. The van der Waals surface area contributed by atoms with Gasteiger partial charge in [0.25, 0.3) is 5.91 Å². The van der Waals surface area contributed by atoms with Crippen LogP contribution >= 0.6 is 0 Å². The molecule has 1 atom stereocenters. The number of nitrogens with one attached hydrogen (secondary N) is 2. The van der Waals surface area contributed by atoms with Crippen molar-refractivity contribution in [2.75, 3.05) is 6.54 Å². The van der Waals surface area contributed by atoms with Gasteiger partial charge in [-0.2, -0.15) is 0 Å². The van der Waals surface area contributed by atoms with Crippen LogP contribution in [0, 0.1) is 30.6 Å². The van der Waals surface area contributed by atoms with Gasteiger partial charge in [0.1, 0.15) is 12.1 Å². The van der Waals surface area contributed by atoms with Crippen molar-refractivity contribution in [2.24, 2.45) is 23.7 Å². The Balaban J connectivity index is 1.27. The molecule has 6 rings (SSSR count). The van der Waals surface area contributed by atoms with Crippen LogP contribution in [-0.2, 0) is 15.1 Å². The second-order valence-electron chi connectivity index (χ2n) is 9.84. The van der Waals surface area contributed by atoms with E-state index in [1.165, 1.54) is 32.1 Å². The van der Waals surface area contributed by atoms with Crippen molar-refractivity contribution in [3.05, 3.63) is 35.4 Å². The fraction of sp³-hybridized carbons (Fsp3) is 0.609. The molecule has 1 aromatic rings. The Kier molecular flexibility index (Phi) is 4.23. The first-order valence-electron chi connectivity index (χ1n) is 10.8. The summed E-state index contributed by atoms with van der Waals surface area (Å²) in [6, 6.07) is 7.25. The normalized spacial score (nSPS) is 37.7. The van der Waals surface area contributed by atoms with Crippen molar-refractivity contribution in [3.8, 4) is 0 Å². The second kappa shape index (κ2) is 6.57. The van der Waals surface area contributed by atoms with Gasteiger partial charge in [-0.25, -0.2) is 4.79 Å². The molecule has 1 aromatic carbocycles. The van der Waals surface area contributed by atoms with Gasteiger partial charge in [-0.05, 0) is 75.2 Å². The molecule has 5 fully saturated rings. The molecule has 5 aliphatic rings. The predicted molar refractivity (Wildman–Crippen MR) is 108 cm³/mol. The summed E-state index contributed by atoms with van der Waals surface area (Å²) >= 11 is 0. The van der Waals surface area contributed by atoms with E-state index in [9.17, 15) is 14.4 Å². The van der Waals surface area contributed by atoms with Gasteiger partial charge in [0.2, 0.25) is 5.91 Å². The number of carbonyl (C=O) groups is 3. The van der Waals surface area contributed by atoms with Crippen molar-refractivity contribution in [1.82, 2.24) is 15.5 Å². The average Bonchev–Trinajstić information content (AvgIpc) is 2.88. The molecule has 1 aliphatic heterocycles. The molecule has 1 heterocycles. The average molecular weight is 396 g/mol. The zero-order valence-electron chi connectivity index (χ0n) is 17.1. The maximum atomic E-state index is 13.1. The first kappa shape index (κ1) is 18.6. The van der Waals surface area contributed by atoms with Gasteiger partial charge in [0.15, 0.2) is 0 Å². The molecule has 6 nitrogen and oxygen atoms in total. The lowest BCUT2D eigenvalue weighted by molar-refractivity contribution is -0.136. The van der Waals surface area contributed by atoms with Crippen LogP contribution in [0.25, 0.3) is 0 Å². The number of hydrogen-bond acceptors (Lipinski definition) is 3. The molecule has 6 heteroatoms. The molecular formula is C23H29N3O3. The van der Waals surface area contributed by atoms with E-state index < -0.39 is 11.6 Å². The zero-order valence-corrected chi connectivity index (χ0v) is 17.1. The van der Waals surface area contributed by atoms with Crippen LogP contribution in [0.1, 0.15) is 50.2 Å². The van der Waals surface area contributed by atoms with E-state index in [1.807, 2.05) is 31.2 Å². The fourth-order valence-corrected chi connectivity index (χ4v) is 6.46. The summed E-state index contributed by atoms with van der Waals surface area (Å²) in [5.41, 5.74) is 0.680. The lowest BCUT2D eigenvalue weighted by atomic mass is 9.54. The minimum Gasteiger partial charge on any atom is -0.351 e. The van der Waals surface area contributed by atoms with E-state index in [4.69, 9.17) is 0 Å². The molecule has 2 N–H and O–H groups in total. The maximum Gasteiger partial charge on any atom is 0.325 e. The highest BCUT2D eigenvalue weighted by Gasteiger charge is 2.51. The second-order valence-corrected chi connectivity index (χ2v) is 9.84. The Labute approximate surface area is 171 Å². The molecule has 1 saturated heterocycles.